The summed E-state index contributed by atoms with van der Waals surface area (Å²) >= 11 is 0. The van der Waals surface area contributed by atoms with Gasteiger partial charge >= 0.3 is 0 Å². The lowest BCUT2D eigenvalue weighted by Crippen LogP contribution is -2.46. The van der Waals surface area contributed by atoms with Crippen LogP contribution in [0.3, 0.4) is 0 Å². The van der Waals surface area contributed by atoms with Crippen molar-refractivity contribution in [3.8, 4) is 0 Å². The van der Waals surface area contributed by atoms with Gasteiger partial charge in [-0.15, -0.1) is 0 Å². The third kappa shape index (κ3) is 8.27. The molecule has 0 aromatic rings. The van der Waals surface area contributed by atoms with Gasteiger partial charge in [-0.05, 0) is 45.2 Å². The Morgan fingerprint density at radius 1 is 1.29 bits per heavy atom. The van der Waals surface area contributed by atoms with E-state index in [-0.39, 0.29) is 0 Å². The molecule has 0 heterocycles. The molecule has 21 heavy (non-hydrogen) atoms. The van der Waals surface area contributed by atoms with Gasteiger partial charge in [-0.3, -0.25) is 9.89 Å². The largest absolute Gasteiger partial charge is 0.381 e. The standard InChI is InChI=1S/C16H34N4O/c1-5-20(6-2)14(3)12-19-16(17-4)18-10-7-11-21-13-15-8-9-15/h14-15H,5-13H2,1-4H3,(H2,17,18,19). The molecule has 2 N–H and O–H groups in total. The monoisotopic (exact) mass is 298 g/mol. The number of likely N-dealkylation sites (N-methyl/N-ethyl adjacent to an activating group) is 1. The zero-order valence-corrected chi connectivity index (χ0v) is 14.3. The molecular formula is C16H34N4O. The first kappa shape index (κ1) is 18.2. The van der Waals surface area contributed by atoms with Crippen LogP contribution in [-0.2, 0) is 4.74 Å². The Morgan fingerprint density at radius 2 is 2.00 bits per heavy atom. The maximum atomic E-state index is 5.62. The van der Waals surface area contributed by atoms with Crippen molar-refractivity contribution in [3.05, 3.63) is 0 Å². The highest BCUT2D eigenvalue weighted by molar-refractivity contribution is 5.79. The molecule has 1 atom stereocenters. The van der Waals surface area contributed by atoms with Crippen LogP contribution in [-0.4, -0.2) is 63.3 Å². The highest BCUT2D eigenvalue weighted by atomic mass is 16.5. The number of hydrogen-bond donors (Lipinski definition) is 2. The van der Waals surface area contributed by atoms with Crippen LogP contribution in [0.15, 0.2) is 4.99 Å². The summed E-state index contributed by atoms with van der Waals surface area (Å²) < 4.78 is 5.62. The second kappa shape index (κ2) is 10.9. The third-order valence-corrected chi connectivity index (χ3v) is 4.03. The highest BCUT2D eigenvalue weighted by Crippen LogP contribution is 2.28. The molecule has 0 radical (unpaired) electrons. The topological polar surface area (TPSA) is 48.9 Å². The van der Waals surface area contributed by atoms with Crippen molar-refractivity contribution >= 4 is 5.96 Å². The fourth-order valence-corrected chi connectivity index (χ4v) is 2.36. The number of hydrogen-bond acceptors (Lipinski definition) is 3. The van der Waals surface area contributed by atoms with E-state index in [1.54, 1.807) is 0 Å². The van der Waals surface area contributed by atoms with Crippen molar-refractivity contribution in [1.82, 2.24) is 15.5 Å². The van der Waals surface area contributed by atoms with Crippen molar-refractivity contribution in [2.24, 2.45) is 10.9 Å². The van der Waals surface area contributed by atoms with E-state index in [4.69, 9.17) is 4.74 Å². The SMILES string of the molecule is CCN(CC)C(C)CNC(=NC)NCCCOCC1CC1. The van der Waals surface area contributed by atoms with E-state index in [1.165, 1.54) is 12.8 Å². The summed E-state index contributed by atoms with van der Waals surface area (Å²) in [4.78, 5) is 6.70. The Balaban J connectivity index is 2.04. The minimum atomic E-state index is 0.514. The Labute approximate surface area is 130 Å². The number of aliphatic imine (C=N–C) groups is 1. The molecule has 1 fully saturated rings. The molecule has 0 aromatic carbocycles. The maximum Gasteiger partial charge on any atom is 0.191 e. The Bertz CT molecular complexity index is 288. The number of rotatable bonds is 11. The van der Waals surface area contributed by atoms with Crippen LogP contribution in [0.1, 0.15) is 40.0 Å². The van der Waals surface area contributed by atoms with E-state index in [2.05, 4.69) is 41.3 Å². The summed E-state index contributed by atoms with van der Waals surface area (Å²) in [6.45, 7) is 12.4. The summed E-state index contributed by atoms with van der Waals surface area (Å²) in [5.41, 5.74) is 0. The van der Waals surface area contributed by atoms with Crippen LogP contribution in [0.4, 0.5) is 0 Å². The van der Waals surface area contributed by atoms with Gasteiger partial charge in [0.15, 0.2) is 5.96 Å². The predicted octanol–water partition coefficient (Wildman–Crippen LogP) is 1.70. The molecule has 124 valence electrons. The smallest absolute Gasteiger partial charge is 0.191 e. The van der Waals surface area contributed by atoms with Crippen LogP contribution >= 0.6 is 0 Å². The average molecular weight is 298 g/mol. The molecule has 0 aliphatic heterocycles. The van der Waals surface area contributed by atoms with E-state index in [1.807, 2.05) is 7.05 Å². The first-order valence-corrected chi connectivity index (χ1v) is 8.47. The molecule has 5 heteroatoms. The fraction of sp³-hybridized carbons (Fsp3) is 0.938. The summed E-state index contributed by atoms with van der Waals surface area (Å²) in [5.74, 6) is 1.74. The van der Waals surface area contributed by atoms with Crippen LogP contribution in [0, 0.1) is 5.92 Å². The van der Waals surface area contributed by atoms with Gasteiger partial charge in [0.2, 0.25) is 0 Å². The quantitative estimate of drug-likeness (QED) is 0.346. The molecule has 1 saturated carbocycles. The van der Waals surface area contributed by atoms with Crippen LogP contribution in [0.25, 0.3) is 0 Å². The summed E-state index contributed by atoms with van der Waals surface area (Å²) in [6, 6.07) is 0.514. The molecule has 0 bridgehead atoms. The second-order valence-electron chi connectivity index (χ2n) is 5.82. The molecule has 1 unspecified atom stereocenters. The number of nitrogens with one attached hydrogen (secondary N) is 2. The van der Waals surface area contributed by atoms with Crippen LogP contribution < -0.4 is 10.6 Å². The van der Waals surface area contributed by atoms with Gasteiger partial charge in [-0.1, -0.05) is 13.8 Å². The lowest BCUT2D eigenvalue weighted by atomic mass is 10.3. The normalized spacial score (nSPS) is 17.1. The first-order valence-electron chi connectivity index (χ1n) is 8.47. The zero-order valence-electron chi connectivity index (χ0n) is 14.3. The van der Waals surface area contributed by atoms with Crippen molar-refractivity contribution in [3.63, 3.8) is 0 Å². The second-order valence-corrected chi connectivity index (χ2v) is 5.82. The molecule has 5 nitrogen and oxygen atoms in total. The van der Waals surface area contributed by atoms with E-state index in [0.29, 0.717) is 6.04 Å². The van der Waals surface area contributed by atoms with E-state index in [0.717, 1.165) is 57.7 Å². The van der Waals surface area contributed by atoms with Crippen molar-refractivity contribution in [2.45, 2.75) is 46.1 Å². The first-order chi connectivity index (χ1) is 10.2. The molecule has 0 amide bonds. The molecular weight excluding hydrogens is 264 g/mol. The van der Waals surface area contributed by atoms with Gasteiger partial charge in [0.25, 0.3) is 0 Å². The van der Waals surface area contributed by atoms with Gasteiger partial charge in [-0.2, -0.15) is 0 Å². The number of guanidine groups is 1. The van der Waals surface area contributed by atoms with Crippen LogP contribution in [0.2, 0.25) is 0 Å². The molecule has 0 saturated heterocycles. The molecule has 0 spiro atoms. The molecule has 1 aliphatic rings. The minimum Gasteiger partial charge on any atom is -0.381 e. The zero-order chi connectivity index (χ0) is 15.5. The Hall–Kier alpha value is -0.810. The summed E-state index contributed by atoms with van der Waals surface area (Å²) in [7, 11) is 1.82. The van der Waals surface area contributed by atoms with Crippen molar-refractivity contribution in [2.75, 3.05) is 46.4 Å². The summed E-state index contributed by atoms with van der Waals surface area (Å²) in [6.07, 6.45) is 3.75. The molecule has 1 rings (SSSR count). The van der Waals surface area contributed by atoms with E-state index >= 15 is 0 Å². The lowest BCUT2D eigenvalue weighted by Gasteiger charge is -2.27. The summed E-state index contributed by atoms with van der Waals surface area (Å²) in [5, 5.41) is 6.74. The van der Waals surface area contributed by atoms with Gasteiger partial charge in [0.1, 0.15) is 0 Å². The minimum absolute atomic E-state index is 0.514. The van der Waals surface area contributed by atoms with Gasteiger partial charge in [-0.25, -0.2) is 0 Å². The van der Waals surface area contributed by atoms with Crippen molar-refractivity contribution < 1.29 is 4.74 Å². The van der Waals surface area contributed by atoms with E-state index in [9.17, 15) is 0 Å². The van der Waals surface area contributed by atoms with Crippen LogP contribution in [0.5, 0.6) is 0 Å². The lowest BCUT2D eigenvalue weighted by molar-refractivity contribution is 0.123. The third-order valence-electron chi connectivity index (χ3n) is 4.03. The maximum absolute atomic E-state index is 5.62. The number of nitrogens with zero attached hydrogens (tertiary/aromatic N) is 2. The highest BCUT2D eigenvalue weighted by Gasteiger charge is 2.20. The Kier molecular flexibility index (Phi) is 9.42. The van der Waals surface area contributed by atoms with Gasteiger partial charge in [0.05, 0.1) is 0 Å². The molecule has 0 aromatic heterocycles. The van der Waals surface area contributed by atoms with Gasteiger partial charge in [0, 0.05) is 39.4 Å². The average Bonchev–Trinajstić information content (AvgIpc) is 3.31. The fourth-order valence-electron chi connectivity index (χ4n) is 2.36. The predicted molar refractivity (Wildman–Crippen MR) is 89.9 cm³/mol. The number of ether oxygens (including phenoxy) is 1. The molecule has 1 aliphatic carbocycles. The van der Waals surface area contributed by atoms with Crippen molar-refractivity contribution in [1.29, 1.82) is 0 Å². The van der Waals surface area contributed by atoms with Gasteiger partial charge < -0.3 is 15.4 Å². The van der Waals surface area contributed by atoms with E-state index < -0.39 is 0 Å². The Morgan fingerprint density at radius 3 is 2.57 bits per heavy atom.